The molecule has 1 atom stereocenters. The summed E-state index contributed by atoms with van der Waals surface area (Å²) in [6.45, 7) is 4.70. The van der Waals surface area contributed by atoms with E-state index in [2.05, 4.69) is 28.2 Å². The molecule has 1 aromatic rings. The summed E-state index contributed by atoms with van der Waals surface area (Å²) in [4.78, 5) is 0. The second-order valence-electron chi connectivity index (χ2n) is 4.48. The zero-order chi connectivity index (χ0) is 12.9. The second kappa shape index (κ2) is 6.47. The summed E-state index contributed by atoms with van der Waals surface area (Å²) in [5.74, 6) is -0.205. The molecule has 1 aromatic carbocycles. The van der Waals surface area contributed by atoms with Gasteiger partial charge in [0.1, 0.15) is 5.82 Å². The summed E-state index contributed by atoms with van der Waals surface area (Å²) < 4.78 is 14.4. The molecule has 0 saturated heterocycles. The molecule has 2 nitrogen and oxygen atoms in total. The molecule has 0 radical (unpaired) electrons. The molecule has 0 spiro atoms. The van der Waals surface area contributed by atoms with Crippen LogP contribution in [0.5, 0.6) is 0 Å². The summed E-state index contributed by atoms with van der Waals surface area (Å²) in [5, 5.41) is 12.3. The first-order chi connectivity index (χ1) is 8.00. The van der Waals surface area contributed by atoms with Crippen molar-refractivity contribution in [3.05, 3.63) is 34.1 Å². The van der Waals surface area contributed by atoms with Gasteiger partial charge >= 0.3 is 0 Å². The van der Waals surface area contributed by atoms with Gasteiger partial charge in [0.15, 0.2) is 0 Å². The number of aliphatic hydroxyl groups is 1. The van der Waals surface area contributed by atoms with Gasteiger partial charge in [-0.05, 0) is 38.0 Å². The molecular formula is C13H19BrFNO. The Bertz CT molecular complexity index is 372. The van der Waals surface area contributed by atoms with Crippen LogP contribution in [0.15, 0.2) is 22.7 Å². The van der Waals surface area contributed by atoms with Gasteiger partial charge < -0.3 is 10.4 Å². The average Bonchev–Trinajstić information content (AvgIpc) is 2.31. The fourth-order valence-electron chi connectivity index (χ4n) is 1.62. The van der Waals surface area contributed by atoms with E-state index in [1.807, 2.05) is 6.92 Å². The maximum atomic E-state index is 13.5. The summed E-state index contributed by atoms with van der Waals surface area (Å²) in [7, 11) is 0. The van der Waals surface area contributed by atoms with Crippen LogP contribution in [0.2, 0.25) is 0 Å². The van der Waals surface area contributed by atoms with Gasteiger partial charge in [-0.15, -0.1) is 0 Å². The van der Waals surface area contributed by atoms with Gasteiger partial charge in [-0.25, -0.2) is 4.39 Å². The SMILES string of the molecule is CCC(C)(CCO)NCc1cc(Br)ccc1F. The third kappa shape index (κ3) is 4.37. The quantitative estimate of drug-likeness (QED) is 0.846. The normalized spacial score (nSPS) is 14.6. The van der Waals surface area contributed by atoms with Gasteiger partial charge in [0.2, 0.25) is 0 Å². The molecule has 0 heterocycles. The van der Waals surface area contributed by atoms with E-state index < -0.39 is 0 Å². The predicted octanol–water partition coefficient (Wildman–Crippen LogP) is 3.23. The Morgan fingerprint density at radius 2 is 2.18 bits per heavy atom. The third-order valence-corrected chi connectivity index (χ3v) is 3.65. The van der Waals surface area contributed by atoms with E-state index in [1.165, 1.54) is 6.07 Å². The van der Waals surface area contributed by atoms with Crippen molar-refractivity contribution >= 4 is 15.9 Å². The first-order valence-electron chi connectivity index (χ1n) is 5.80. The first kappa shape index (κ1) is 14.6. The molecule has 96 valence electrons. The summed E-state index contributed by atoms with van der Waals surface area (Å²) in [5.41, 5.74) is 0.487. The molecule has 0 saturated carbocycles. The Morgan fingerprint density at radius 3 is 2.76 bits per heavy atom. The third-order valence-electron chi connectivity index (χ3n) is 3.16. The van der Waals surface area contributed by atoms with Gasteiger partial charge in [-0.3, -0.25) is 0 Å². The largest absolute Gasteiger partial charge is 0.396 e. The number of halogens is 2. The molecule has 17 heavy (non-hydrogen) atoms. The highest BCUT2D eigenvalue weighted by Crippen LogP contribution is 2.18. The van der Waals surface area contributed by atoms with E-state index in [0.29, 0.717) is 18.5 Å². The molecule has 0 aromatic heterocycles. The van der Waals surface area contributed by atoms with E-state index in [-0.39, 0.29) is 18.0 Å². The summed E-state index contributed by atoms with van der Waals surface area (Å²) in [6, 6.07) is 4.92. The maximum absolute atomic E-state index is 13.5. The minimum absolute atomic E-state index is 0.137. The smallest absolute Gasteiger partial charge is 0.127 e. The van der Waals surface area contributed by atoms with Crippen molar-refractivity contribution in [3.63, 3.8) is 0 Å². The number of rotatable bonds is 6. The Balaban J connectivity index is 2.68. The predicted molar refractivity (Wildman–Crippen MR) is 71.3 cm³/mol. The van der Waals surface area contributed by atoms with Gasteiger partial charge in [0.05, 0.1) is 0 Å². The first-order valence-corrected chi connectivity index (χ1v) is 6.60. The standard InChI is InChI=1S/C13H19BrFNO/c1-3-13(2,6-7-17)16-9-10-8-11(14)4-5-12(10)15/h4-5,8,16-17H,3,6-7,9H2,1-2H3. The van der Waals surface area contributed by atoms with Crippen LogP contribution in [0.3, 0.4) is 0 Å². The molecule has 0 amide bonds. The molecule has 0 aliphatic carbocycles. The Labute approximate surface area is 110 Å². The highest BCUT2D eigenvalue weighted by atomic mass is 79.9. The molecule has 1 unspecified atom stereocenters. The van der Waals surface area contributed by atoms with Crippen molar-refractivity contribution in [2.75, 3.05) is 6.61 Å². The van der Waals surface area contributed by atoms with Crippen LogP contribution in [-0.2, 0) is 6.54 Å². The van der Waals surface area contributed by atoms with Crippen LogP contribution in [0.25, 0.3) is 0 Å². The number of benzene rings is 1. The van der Waals surface area contributed by atoms with Crippen molar-refractivity contribution in [1.82, 2.24) is 5.32 Å². The zero-order valence-corrected chi connectivity index (χ0v) is 11.8. The number of nitrogens with one attached hydrogen (secondary N) is 1. The fourth-order valence-corrected chi connectivity index (χ4v) is 2.03. The van der Waals surface area contributed by atoms with E-state index in [1.54, 1.807) is 12.1 Å². The van der Waals surface area contributed by atoms with Crippen LogP contribution in [0.4, 0.5) is 4.39 Å². The number of aliphatic hydroxyl groups excluding tert-OH is 1. The average molecular weight is 304 g/mol. The van der Waals surface area contributed by atoms with Crippen molar-refractivity contribution in [2.45, 2.75) is 38.8 Å². The monoisotopic (exact) mass is 303 g/mol. The minimum atomic E-state index is -0.205. The van der Waals surface area contributed by atoms with E-state index >= 15 is 0 Å². The van der Waals surface area contributed by atoms with Crippen molar-refractivity contribution in [3.8, 4) is 0 Å². The van der Waals surface area contributed by atoms with Gasteiger partial charge in [-0.1, -0.05) is 22.9 Å². The van der Waals surface area contributed by atoms with Crippen LogP contribution in [0.1, 0.15) is 32.3 Å². The number of hydrogen-bond acceptors (Lipinski definition) is 2. The molecule has 1 rings (SSSR count). The van der Waals surface area contributed by atoms with Crippen molar-refractivity contribution in [2.24, 2.45) is 0 Å². The summed E-state index contributed by atoms with van der Waals surface area (Å²) >= 11 is 3.33. The van der Waals surface area contributed by atoms with E-state index in [0.717, 1.165) is 10.9 Å². The van der Waals surface area contributed by atoms with Gasteiger partial charge in [0.25, 0.3) is 0 Å². The molecule has 2 N–H and O–H groups in total. The molecule has 0 bridgehead atoms. The van der Waals surface area contributed by atoms with E-state index in [4.69, 9.17) is 5.11 Å². The van der Waals surface area contributed by atoms with Crippen LogP contribution < -0.4 is 5.32 Å². The highest BCUT2D eigenvalue weighted by Gasteiger charge is 2.20. The molecule has 0 fully saturated rings. The minimum Gasteiger partial charge on any atom is -0.396 e. The van der Waals surface area contributed by atoms with Gasteiger partial charge in [0, 0.05) is 28.7 Å². The van der Waals surface area contributed by atoms with E-state index in [9.17, 15) is 4.39 Å². The Hall–Kier alpha value is -0.450. The topological polar surface area (TPSA) is 32.3 Å². The molecular weight excluding hydrogens is 285 g/mol. The van der Waals surface area contributed by atoms with Gasteiger partial charge in [-0.2, -0.15) is 0 Å². The Kier molecular flexibility index (Phi) is 5.56. The van der Waals surface area contributed by atoms with Crippen LogP contribution in [-0.4, -0.2) is 17.3 Å². The summed E-state index contributed by atoms with van der Waals surface area (Å²) in [6.07, 6.45) is 1.56. The fraction of sp³-hybridized carbons (Fsp3) is 0.538. The highest BCUT2D eigenvalue weighted by molar-refractivity contribution is 9.10. The van der Waals surface area contributed by atoms with Crippen LogP contribution >= 0.6 is 15.9 Å². The lowest BCUT2D eigenvalue weighted by Crippen LogP contribution is -2.42. The zero-order valence-electron chi connectivity index (χ0n) is 10.3. The second-order valence-corrected chi connectivity index (χ2v) is 5.39. The molecule has 0 aliphatic rings. The lowest BCUT2D eigenvalue weighted by Gasteiger charge is -2.29. The lowest BCUT2D eigenvalue weighted by atomic mass is 9.94. The number of hydrogen-bond donors (Lipinski definition) is 2. The maximum Gasteiger partial charge on any atom is 0.127 e. The van der Waals surface area contributed by atoms with Crippen LogP contribution in [0, 0.1) is 5.82 Å². The lowest BCUT2D eigenvalue weighted by molar-refractivity contribution is 0.214. The van der Waals surface area contributed by atoms with Crippen molar-refractivity contribution < 1.29 is 9.50 Å². The molecule has 4 heteroatoms. The Morgan fingerprint density at radius 1 is 1.47 bits per heavy atom. The molecule has 0 aliphatic heterocycles. The van der Waals surface area contributed by atoms with Crippen molar-refractivity contribution in [1.29, 1.82) is 0 Å².